The monoisotopic (exact) mass is 370 g/mol. The van der Waals surface area contributed by atoms with Gasteiger partial charge in [-0.15, -0.1) is 11.8 Å². The van der Waals surface area contributed by atoms with Gasteiger partial charge in [0.2, 0.25) is 0 Å². The van der Waals surface area contributed by atoms with Crippen molar-refractivity contribution < 1.29 is 14.3 Å². The zero-order chi connectivity index (χ0) is 18.4. The van der Waals surface area contributed by atoms with E-state index in [1.54, 1.807) is 11.8 Å². The Hall–Kier alpha value is -1.81. The summed E-state index contributed by atoms with van der Waals surface area (Å²) in [6.07, 6.45) is 10.4. The van der Waals surface area contributed by atoms with E-state index >= 15 is 0 Å². The van der Waals surface area contributed by atoms with Gasteiger partial charge in [0.15, 0.2) is 0 Å². The average Bonchev–Trinajstić information content (AvgIpc) is 2.94. The van der Waals surface area contributed by atoms with Crippen molar-refractivity contribution in [3.63, 3.8) is 0 Å². The molecule has 2 aromatic rings. The second-order valence-electron chi connectivity index (χ2n) is 6.84. The maximum Gasteiger partial charge on any atom is 0.347 e. The maximum atomic E-state index is 12.0. The van der Waals surface area contributed by atoms with Gasteiger partial charge in [0.25, 0.3) is 0 Å². The van der Waals surface area contributed by atoms with E-state index in [9.17, 15) is 9.59 Å². The predicted octanol–water partition coefficient (Wildman–Crippen LogP) is 6.38. The lowest BCUT2D eigenvalue weighted by Crippen LogP contribution is -1.97. The fraction of sp³-hybridized carbons (Fsp3) is 0.455. The van der Waals surface area contributed by atoms with Crippen LogP contribution in [0, 0.1) is 0 Å². The lowest BCUT2D eigenvalue weighted by Gasteiger charge is -2.09. The van der Waals surface area contributed by atoms with Crippen LogP contribution >= 0.6 is 11.8 Å². The molecule has 3 nitrogen and oxygen atoms in total. The highest BCUT2D eigenvalue weighted by Crippen LogP contribution is 2.36. The number of hydrogen-bond donors (Lipinski definition) is 0. The Kier molecular flexibility index (Phi) is 6.73. The number of thioether (sulfide) groups is 1. The quantitative estimate of drug-likeness (QED) is 0.210. The first-order valence-electron chi connectivity index (χ1n) is 9.67. The highest BCUT2D eigenvalue weighted by molar-refractivity contribution is 7.99. The van der Waals surface area contributed by atoms with Gasteiger partial charge >= 0.3 is 11.9 Å². The Bertz CT molecular complexity index is 797. The summed E-state index contributed by atoms with van der Waals surface area (Å²) in [7, 11) is 0. The Labute approximate surface area is 159 Å². The van der Waals surface area contributed by atoms with E-state index < -0.39 is 11.9 Å². The first-order valence-corrected chi connectivity index (χ1v) is 10.7. The second kappa shape index (κ2) is 9.22. The van der Waals surface area contributed by atoms with E-state index in [1.807, 2.05) is 30.3 Å². The van der Waals surface area contributed by atoms with Crippen LogP contribution < -0.4 is 0 Å². The molecule has 26 heavy (non-hydrogen) atoms. The minimum Gasteiger partial charge on any atom is -0.386 e. The van der Waals surface area contributed by atoms with Crippen molar-refractivity contribution >= 4 is 34.5 Å². The minimum absolute atomic E-state index is 0.409. The number of benzene rings is 2. The molecule has 0 N–H and O–H groups in total. The normalized spacial score (nSPS) is 13.3. The average molecular weight is 371 g/mol. The van der Waals surface area contributed by atoms with Gasteiger partial charge in [-0.05, 0) is 29.0 Å². The van der Waals surface area contributed by atoms with Crippen LogP contribution in [0.3, 0.4) is 0 Å². The van der Waals surface area contributed by atoms with Crippen LogP contribution in [0.25, 0.3) is 10.8 Å². The summed E-state index contributed by atoms with van der Waals surface area (Å²) < 4.78 is 4.81. The van der Waals surface area contributed by atoms with Crippen molar-refractivity contribution in [3.8, 4) is 0 Å². The van der Waals surface area contributed by atoms with Gasteiger partial charge in [-0.1, -0.05) is 76.1 Å². The Morgan fingerprint density at radius 3 is 2.23 bits per heavy atom. The van der Waals surface area contributed by atoms with E-state index in [2.05, 4.69) is 6.92 Å². The Morgan fingerprint density at radius 2 is 1.50 bits per heavy atom. The van der Waals surface area contributed by atoms with E-state index in [1.165, 1.54) is 51.4 Å². The summed E-state index contributed by atoms with van der Waals surface area (Å²) in [5.41, 5.74) is 0.828. The van der Waals surface area contributed by atoms with Gasteiger partial charge in [0.05, 0.1) is 11.1 Å². The van der Waals surface area contributed by atoms with Crippen molar-refractivity contribution in [1.82, 2.24) is 0 Å². The lowest BCUT2D eigenvalue weighted by molar-refractivity contribution is 0.0444. The summed E-state index contributed by atoms with van der Waals surface area (Å²) in [5, 5.41) is 1.85. The molecule has 0 bridgehead atoms. The molecule has 0 radical (unpaired) electrons. The summed E-state index contributed by atoms with van der Waals surface area (Å²) in [6, 6.07) is 9.61. The molecule has 0 aromatic heterocycles. The van der Waals surface area contributed by atoms with Crippen LogP contribution in [0.5, 0.6) is 0 Å². The predicted molar refractivity (Wildman–Crippen MR) is 107 cm³/mol. The van der Waals surface area contributed by atoms with Crippen LogP contribution in [-0.4, -0.2) is 17.7 Å². The molecule has 0 saturated carbocycles. The second-order valence-corrected chi connectivity index (χ2v) is 7.98. The molecule has 138 valence electrons. The van der Waals surface area contributed by atoms with Crippen molar-refractivity contribution in [2.75, 3.05) is 5.75 Å². The molecule has 0 atom stereocenters. The van der Waals surface area contributed by atoms with E-state index in [-0.39, 0.29) is 0 Å². The van der Waals surface area contributed by atoms with Gasteiger partial charge in [-0.3, -0.25) is 0 Å². The topological polar surface area (TPSA) is 43.4 Å². The van der Waals surface area contributed by atoms with Crippen molar-refractivity contribution in [1.29, 1.82) is 0 Å². The number of carbonyl (C=O) groups excluding carboxylic acids is 2. The minimum atomic E-state index is -0.527. The standard InChI is InChI=1S/C22H26O3S/c1-2-3-4-5-6-7-8-11-14-26-19-15-18-20(22(24)25-21(18)23)17-13-10-9-12-16(17)19/h9-10,12-13,15H,2-8,11,14H2,1H3. The van der Waals surface area contributed by atoms with Gasteiger partial charge in [0.1, 0.15) is 0 Å². The zero-order valence-electron chi connectivity index (χ0n) is 15.4. The third-order valence-corrected chi connectivity index (χ3v) is 6.01. The molecular formula is C22H26O3S. The molecule has 0 spiro atoms. The van der Waals surface area contributed by atoms with E-state index in [0.717, 1.165) is 21.4 Å². The maximum absolute atomic E-state index is 12.0. The summed E-state index contributed by atoms with van der Waals surface area (Å²) >= 11 is 1.77. The van der Waals surface area contributed by atoms with Gasteiger partial charge in [-0.2, -0.15) is 0 Å². The first kappa shape index (κ1) is 19.0. The number of ether oxygens (including phenoxy) is 1. The number of esters is 2. The van der Waals surface area contributed by atoms with Crippen LogP contribution in [0.4, 0.5) is 0 Å². The number of hydrogen-bond acceptors (Lipinski definition) is 4. The smallest absolute Gasteiger partial charge is 0.347 e. The summed E-state index contributed by atoms with van der Waals surface area (Å²) in [5.74, 6) is -0.0220. The van der Waals surface area contributed by atoms with Crippen LogP contribution in [-0.2, 0) is 4.74 Å². The van der Waals surface area contributed by atoms with Crippen LogP contribution in [0.1, 0.15) is 79.0 Å². The van der Waals surface area contributed by atoms with Crippen molar-refractivity contribution in [3.05, 3.63) is 41.5 Å². The SMILES string of the molecule is CCCCCCCCCCSc1cc2c(c3ccccc13)C(=O)OC2=O. The number of rotatable bonds is 10. The van der Waals surface area contributed by atoms with Crippen molar-refractivity contribution in [2.45, 2.75) is 63.2 Å². The summed E-state index contributed by atoms with van der Waals surface area (Å²) in [6.45, 7) is 2.25. The fourth-order valence-corrected chi connectivity index (χ4v) is 4.55. The van der Waals surface area contributed by atoms with Crippen LogP contribution in [0.2, 0.25) is 0 Å². The number of fused-ring (bicyclic) bond motifs is 3. The van der Waals surface area contributed by atoms with Gasteiger partial charge in [-0.25, -0.2) is 9.59 Å². The summed E-state index contributed by atoms with van der Waals surface area (Å²) in [4.78, 5) is 25.0. The van der Waals surface area contributed by atoms with Gasteiger partial charge in [0, 0.05) is 4.90 Å². The largest absolute Gasteiger partial charge is 0.386 e. The molecule has 1 heterocycles. The molecule has 1 aliphatic rings. The van der Waals surface area contributed by atoms with Crippen LogP contribution in [0.15, 0.2) is 35.2 Å². The van der Waals surface area contributed by atoms with Crippen molar-refractivity contribution in [2.24, 2.45) is 0 Å². The molecule has 0 fully saturated rings. The highest BCUT2D eigenvalue weighted by atomic mass is 32.2. The Balaban J connectivity index is 1.59. The third-order valence-electron chi connectivity index (χ3n) is 4.87. The molecule has 3 rings (SSSR count). The lowest BCUT2D eigenvalue weighted by atomic mass is 10.0. The molecule has 0 amide bonds. The molecule has 0 aliphatic carbocycles. The molecule has 0 unspecified atom stereocenters. The molecular weight excluding hydrogens is 344 g/mol. The Morgan fingerprint density at radius 1 is 0.846 bits per heavy atom. The first-order chi connectivity index (χ1) is 12.7. The zero-order valence-corrected chi connectivity index (χ0v) is 16.2. The van der Waals surface area contributed by atoms with E-state index in [4.69, 9.17) is 4.74 Å². The highest BCUT2D eigenvalue weighted by Gasteiger charge is 2.32. The number of unbranched alkanes of at least 4 members (excludes halogenated alkanes) is 7. The molecule has 2 aromatic carbocycles. The molecule has 0 saturated heterocycles. The van der Waals surface area contributed by atoms with E-state index in [0.29, 0.717) is 11.1 Å². The number of carbonyl (C=O) groups is 2. The fourth-order valence-electron chi connectivity index (χ4n) is 3.45. The number of cyclic esters (lactones) is 2. The molecule has 4 heteroatoms. The third kappa shape index (κ3) is 4.29. The molecule has 1 aliphatic heterocycles. The van der Waals surface area contributed by atoms with Gasteiger partial charge < -0.3 is 4.74 Å².